The second-order valence-corrected chi connectivity index (χ2v) is 7.16. The van der Waals surface area contributed by atoms with Crippen LogP contribution >= 0.6 is 11.3 Å². The van der Waals surface area contributed by atoms with Crippen molar-refractivity contribution in [1.29, 1.82) is 5.26 Å². The maximum atomic E-state index is 12.4. The lowest BCUT2D eigenvalue weighted by Crippen LogP contribution is -2.32. The van der Waals surface area contributed by atoms with Gasteiger partial charge in [0, 0.05) is 17.0 Å². The lowest BCUT2D eigenvalue weighted by atomic mass is 9.88. The van der Waals surface area contributed by atoms with Gasteiger partial charge in [0.15, 0.2) is 0 Å². The molecule has 3 atom stereocenters. The minimum atomic E-state index is 0.0808. The van der Waals surface area contributed by atoms with Crippen molar-refractivity contribution >= 4 is 22.2 Å². The summed E-state index contributed by atoms with van der Waals surface area (Å²) >= 11 is 1.61. The third-order valence-electron chi connectivity index (χ3n) is 4.91. The van der Waals surface area contributed by atoms with Gasteiger partial charge in [0.25, 0.3) is 0 Å². The van der Waals surface area contributed by atoms with E-state index in [0.29, 0.717) is 17.6 Å². The average molecular weight is 287 g/mol. The van der Waals surface area contributed by atoms with E-state index in [4.69, 9.17) is 0 Å². The van der Waals surface area contributed by atoms with Gasteiger partial charge in [0.2, 0.25) is 5.91 Å². The van der Waals surface area contributed by atoms with Crippen LogP contribution in [-0.2, 0) is 17.6 Å². The molecule has 1 aliphatic carbocycles. The molecule has 0 spiro atoms. The van der Waals surface area contributed by atoms with E-state index in [0.717, 1.165) is 37.1 Å². The monoisotopic (exact) mass is 287 g/mol. The summed E-state index contributed by atoms with van der Waals surface area (Å²) < 4.78 is 0. The highest BCUT2D eigenvalue weighted by Crippen LogP contribution is 2.40. The van der Waals surface area contributed by atoms with Gasteiger partial charge in [-0.1, -0.05) is 0 Å². The molecule has 104 valence electrons. The Morgan fingerprint density at radius 1 is 1.40 bits per heavy atom. The first kappa shape index (κ1) is 12.4. The van der Waals surface area contributed by atoms with Gasteiger partial charge in [-0.05, 0) is 44.1 Å². The molecule has 2 saturated heterocycles. The fourth-order valence-electron chi connectivity index (χ4n) is 3.93. The molecule has 20 heavy (non-hydrogen) atoms. The summed E-state index contributed by atoms with van der Waals surface area (Å²) in [6, 6.07) is 3.16. The third-order valence-corrected chi connectivity index (χ3v) is 6.11. The van der Waals surface area contributed by atoms with Crippen molar-refractivity contribution in [1.82, 2.24) is 5.32 Å². The summed E-state index contributed by atoms with van der Waals surface area (Å²) in [4.78, 5) is 13.7. The molecule has 2 fully saturated rings. The van der Waals surface area contributed by atoms with Crippen LogP contribution in [0.3, 0.4) is 0 Å². The average Bonchev–Trinajstić information content (AvgIpc) is 3.18. The highest BCUT2D eigenvalue weighted by molar-refractivity contribution is 7.16. The highest BCUT2D eigenvalue weighted by atomic mass is 32.1. The van der Waals surface area contributed by atoms with Crippen LogP contribution in [0.5, 0.6) is 0 Å². The molecule has 0 radical (unpaired) electrons. The van der Waals surface area contributed by atoms with Gasteiger partial charge in [-0.3, -0.25) is 4.79 Å². The SMILES string of the molecule is N#Cc1c(NC(=O)C2CC3CCC2N3)sc2c1CCC2. The normalized spacial score (nSPS) is 30.2. The van der Waals surface area contributed by atoms with Crippen LogP contribution < -0.4 is 10.6 Å². The van der Waals surface area contributed by atoms with Gasteiger partial charge in [-0.2, -0.15) is 5.26 Å². The van der Waals surface area contributed by atoms with Gasteiger partial charge in [-0.25, -0.2) is 0 Å². The molecule has 1 aromatic heterocycles. The van der Waals surface area contributed by atoms with Crippen LogP contribution in [0.15, 0.2) is 0 Å². The minimum Gasteiger partial charge on any atom is -0.316 e. The second kappa shape index (κ2) is 4.57. The molecule has 4 rings (SSSR count). The lowest BCUT2D eigenvalue weighted by Gasteiger charge is -2.19. The molecule has 1 amide bonds. The molecule has 1 aromatic rings. The van der Waals surface area contributed by atoms with Gasteiger partial charge in [0.05, 0.1) is 11.5 Å². The number of nitrogens with zero attached hydrogens (tertiary/aromatic N) is 1. The van der Waals surface area contributed by atoms with E-state index in [9.17, 15) is 10.1 Å². The maximum Gasteiger partial charge on any atom is 0.229 e. The first-order valence-electron chi connectivity index (χ1n) is 7.38. The van der Waals surface area contributed by atoms with Gasteiger partial charge in [0.1, 0.15) is 11.1 Å². The third kappa shape index (κ3) is 1.79. The molecule has 0 aromatic carbocycles. The van der Waals surface area contributed by atoms with Crippen molar-refractivity contribution in [3.8, 4) is 6.07 Å². The smallest absolute Gasteiger partial charge is 0.229 e. The first-order valence-corrected chi connectivity index (χ1v) is 8.19. The van der Waals surface area contributed by atoms with Crippen molar-refractivity contribution < 1.29 is 4.79 Å². The number of nitrogens with one attached hydrogen (secondary N) is 2. The standard InChI is InChI=1S/C15H17N3OS/c16-7-11-9-2-1-3-13(9)20-15(11)18-14(19)10-6-8-4-5-12(10)17-8/h8,10,12,17H,1-6H2,(H,18,19). The number of anilines is 1. The highest BCUT2D eigenvalue weighted by Gasteiger charge is 2.43. The molecule has 0 saturated carbocycles. The van der Waals surface area contributed by atoms with Crippen LogP contribution in [0.4, 0.5) is 5.00 Å². The zero-order chi connectivity index (χ0) is 13.7. The number of hydrogen-bond acceptors (Lipinski definition) is 4. The summed E-state index contributed by atoms with van der Waals surface area (Å²) in [5.41, 5.74) is 1.89. The Hall–Kier alpha value is -1.38. The number of hydrogen-bond donors (Lipinski definition) is 2. The zero-order valence-corrected chi connectivity index (χ0v) is 12.1. The van der Waals surface area contributed by atoms with E-state index in [1.807, 2.05) is 0 Å². The predicted octanol–water partition coefficient (Wildman–Crippen LogP) is 2.19. The summed E-state index contributed by atoms with van der Waals surface area (Å²) in [6.07, 6.45) is 6.43. The molecule has 3 heterocycles. The Labute approximate surface area is 122 Å². The van der Waals surface area contributed by atoms with E-state index in [2.05, 4.69) is 16.7 Å². The number of carbonyl (C=O) groups excluding carboxylic acids is 1. The predicted molar refractivity (Wildman–Crippen MR) is 77.7 cm³/mol. The maximum absolute atomic E-state index is 12.4. The van der Waals surface area contributed by atoms with Gasteiger partial charge in [-0.15, -0.1) is 11.3 Å². The Morgan fingerprint density at radius 3 is 3.00 bits per heavy atom. The summed E-state index contributed by atoms with van der Waals surface area (Å²) in [5, 5.41) is 16.7. The van der Waals surface area contributed by atoms with Crippen LogP contribution in [0.2, 0.25) is 0 Å². The molecule has 2 aliphatic heterocycles. The quantitative estimate of drug-likeness (QED) is 0.876. The summed E-state index contributed by atoms with van der Waals surface area (Å²) in [7, 11) is 0. The number of nitriles is 1. The Bertz CT molecular complexity index is 615. The first-order chi connectivity index (χ1) is 9.76. The molecule has 5 heteroatoms. The van der Waals surface area contributed by atoms with Gasteiger partial charge < -0.3 is 10.6 Å². The molecular formula is C15H17N3OS. The molecule has 3 unspecified atom stereocenters. The largest absolute Gasteiger partial charge is 0.316 e. The lowest BCUT2D eigenvalue weighted by molar-refractivity contribution is -0.120. The Kier molecular flexibility index (Phi) is 2.83. The number of aryl methyl sites for hydroxylation is 1. The fourth-order valence-corrected chi connectivity index (χ4v) is 5.17. The summed E-state index contributed by atoms with van der Waals surface area (Å²) in [5.74, 6) is 0.179. The second-order valence-electron chi connectivity index (χ2n) is 6.05. The van der Waals surface area contributed by atoms with Crippen LogP contribution in [0.25, 0.3) is 0 Å². The Balaban J connectivity index is 1.55. The van der Waals surface area contributed by atoms with Crippen molar-refractivity contribution in [2.24, 2.45) is 5.92 Å². The van der Waals surface area contributed by atoms with E-state index >= 15 is 0 Å². The van der Waals surface area contributed by atoms with E-state index < -0.39 is 0 Å². The molecule has 2 N–H and O–H groups in total. The van der Waals surface area contributed by atoms with Crippen LogP contribution in [0.1, 0.15) is 41.7 Å². The Morgan fingerprint density at radius 2 is 2.30 bits per heavy atom. The number of rotatable bonds is 2. The van der Waals surface area contributed by atoms with Crippen LogP contribution in [0, 0.1) is 17.2 Å². The molecular weight excluding hydrogens is 270 g/mol. The van der Waals surface area contributed by atoms with E-state index in [-0.39, 0.29) is 11.8 Å². The zero-order valence-electron chi connectivity index (χ0n) is 11.2. The summed E-state index contributed by atoms with van der Waals surface area (Å²) in [6.45, 7) is 0. The van der Waals surface area contributed by atoms with Crippen molar-refractivity contribution in [3.05, 3.63) is 16.0 Å². The van der Waals surface area contributed by atoms with E-state index in [1.165, 1.54) is 16.9 Å². The fraction of sp³-hybridized carbons (Fsp3) is 0.600. The topological polar surface area (TPSA) is 64.9 Å². The molecule has 2 bridgehead atoms. The molecule has 4 nitrogen and oxygen atoms in total. The molecule has 3 aliphatic rings. The number of amides is 1. The van der Waals surface area contributed by atoms with Crippen molar-refractivity contribution in [2.45, 2.75) is 50.6 Å². The minimum absolute atomic E-state index is 0.0808. The number of thiophene rings is 1. The van der Waals surface area contributed by atoms with E-state index in [1.54, 1.807) is 11.3 Å². The van der Waals surface area contributed by atoms with Crippen molar-refractivity contribution in [3.63, 3.8) is 0 Å². The number of carbonyl (C=O) groups is 1. The number of fused-ring (bicyclic) bond motifs is 3. The van der Waals surface area contributed by atoms with Crippen molar-refractivity contribution in [2.75, 3.05) is 5.32 Å². The van der Waals surface area contributed by atoms with Gasteiger partial charge >= 0.3 is 0 Å². The van der Waals surface area contributed by atoms with Crippen LogP contribution in [-0.4, -0.2) is 18.0 Å².